The number of hydrogen-bond acceptors (Lipinski definition) is 5. The Morgan fingerprint density at radius 2 is 0.656 bits per heavy atom. The molecule has 0 aliphatic heterocycles. The number of fused-ring (bicyclic) bond motifs is 11. The monoisotopic (exact) mass is 782 g/mol. The Kier molecular flexibility index (Phi) is 7.24. The second-order valence-corrected chi connectivity index (χ2v) is 15.7. The Morgan fingerprint density at radius 1 is 0.246 bits per heavy atom. The lowest BCUT2D eigenvalue weighted by Crippen LogP contribution is -2.10. The predicted molar refractivity (Wildman–Crippen MR) is 253 cm³/mol. The van der Waals surface area contributed by atoms with Crippen molar-refractivity contribution in [3.8, 4) is 0 Å². The lowest BCUT2D eigenvalue weighted by Gasteiger charge is -2.26. The summed E-state index contributed by atoms with van der Waals surface area (Å²) < 4.78 is 19.4. The molecule has 3 aromatic heterocycles. The summed E-state index contributed by atoms with van der Waals surface area (Å²) in [6, 6.07) is 72.5. The first-order valence-corrected chi connectivity index (χ1v) is 20.6. The lowest BCUT2D eigenvalue weighted by molar-refractivity contribution is 0.668. The average Bonchev–Trinajstić information content (AvgIpc) is 3.99. The summed E-state index contributed by atoms with van der Waals surface area (Å²) in [6.07, 6.45) is 0. The van der Waals surface area contributed by atoms with Crippen molar-refractivity contribution >= 4 is 121 Å². The molecule has 0 aliphatic carbocycles. The van der Waals surface area contributed by atoms with Crippen LogP contribution in [-0.2, 0) is 0 Å². The van der Waals surface area contributed by atoms with E-state index in [1.165, 1.54) is 0 Å². The molecule has 0 radical (unpaired) electrons. The molecule has 5 heteroatoms. The van der Waals surface area contributed by atoms with Crippen molar-refractivity contribution in [1.29, 1.82) is 0 Å². The second-order valence-electron chi connectivity index (χ2n) is 15.7. The number of nitrogens with zero attached hydrogens (tertiary/aromatic N) is 2. The first-order valence-electron chi connectivity index (χ1n) is 20.6. The van der Waals surface area contributed by atoms with Crippen molar-refractivity contribution in [3.63, 3.8) is 0 Å². The van der Waals surface area contributed by atoms with E-state index in [0.29, 0.717) is 0 Å². The van der Waals surface area contributed by atoms with Gasteiger partial charge in [-0.3, -0.25) is 0 Å². The topological polar surface area (TPSA) is 45.9 Å². The Morgan fingerprint density at radius 3 is 1.13 bits per heavy atom. The van der Waals surface area contributed by atoms with Crippen LogP contribution >= 0.6 is 0 Å². The lowest BCUT2D eigenvalue weighted by atomic mass is 10.0. The summed E-state index contributed by atoms with van der Waals surface area (Å²) in [4.78, 5) is 4.65. The molecule has 10 aromatic carbocycles. The average molecular weight is 783 g/mol. The molecular weight excluding hydrogens is 749 g/mol. The van der Waals surface area contributed by atoms with E-state index in [2.05, 4.69) is 180 Å². The van der Waals surface area contributed by atoms with Crippen LogP contribution in [0.1, 0.15) is 0 Å². The SMILES string of the molecule is c1ccc(N(c2ccc3cc4c(cc3c2)oc2cc3cc(N(c5ccccc5)c5cccc6oc7ccccc7c56)ccc3cc24)c2cccc3oc4ccccc4c23)cc1. The molecule has 61 heavy (non-hydrogen) atoms. The zero-order chi connectivity index (χ0) is 40.0. The van der Waals surface area contributed by atoms with Gasteiger partial charge in [0.25, 0.3) is 0 Å². The van der Waals surface area contributed by atoms with Crippen molar-refractivity contribution in [2.75, 3.05) is 9.80 Å². The van der Waals surface area contributed by atoms with Gasteiger partial charge in [-0.15, -0.1) is 0 Å². The Bertz CT molecular complexity index is 3590. The van der Waals surface area contributed by atoms with Crippen molar-refractivity contribution in [3.05, 3.63) is 206 Å². The van der Waals surface area contributed by atoms with E-state index in [9.17, 15) is 0 Å². The van der Waals surface area contributed by atoms with Gasteiger partial charge in [0, 0.05) is 44.3 Å². The number of hydrogen-bond donors (Lipinski definition) is 0. The minimum atomic E-state index is 0.855. The number of benzene rings is 10. The fourth-order valence-corrected chi connectivity index (χ4v) is 9.41. The summed E-state index contributed by atoms with van der Waals surface area (Å²) in [5.74, 6) is 0. The van der Waals surface area contributed by atoms with Crippen molar-refractivity contribution in [2.24, 2.45) is 0 Å². The van der Waals surface area contributed by atoms with E-state index in [1.54, 1.807) is 0 Å². The number of furan rings is 3. The summed E-state index contributed by atoms with van der Waals surface area (Å²) >= 11 is 0. The summed E-state index contributed by atoms with van der Waals surface area (Å²) in [5.41, 5.74) is 11.5. The minimum absolute atomic E-state index is 0.855. The van der Waals surface area contributed by atoms with Gasteiger partial charge < -0.3 is 23.1 Å². The van der Waals surface area contributed by atoms with E-state index >= 15 is 0 Å². The first-order chi connectivity index (χ1) is 30.2. The van der Waals surface area contributed by atoms with Crippen LogP contribution in [0.15, 0.2) is 220 Å². The van der Waals surface area contributed by atoms with Crippen LogP contribution in [-0.4, -0.2) is 0 Å². The molecule has 0 saturated heterocycles. The minimum Gasteiger partial charge on any atom is -0.456 e. The number of rotatable bonds is 6. The fourth-order valence-electron chi connectivity index (χ4n) is 9.41. The molecule has 5 nitrogen and oxygen atoms in total. The maximum Gasteiger partial charge on any atom is 0.137 e. The van der Waals surface area contributed by atoms with Crippen LogP contribution in [0.25, 0.3) is 87.4 Å². The van der Waals surface area contributed by atoms with Crippen LogP contribution in [0, 0.1) is 0 Å². The number of para-hydroxylation sites is 4. The molecule has 0 unspecified atom stereocenters. The van der Waals surface area contributed by atoms with Crippen molar-refractivity contribution < 1.29 is 13.3 Å². The molecule has 0 fully saturated rings. The van der Waals surface area contributed by atoms with Gasteiger partial charge in [-0.1, -0.05) is 97.1 Å². The van der Waals surface area contributed by atoms with Gasteiger partial charge in [0.1, 0.15) is 33.5 Å². The highest BCUT2D eigenvalue weighted by Crippen LogP contribution is 2.46. The highest BCUT2D eigenvalue weighted by atomic mass is 16.3. The smallest absolute Gasteiger partial charge is 0.137 e. The maximum absolute atomic E-state index is 6.75. The van der Waals surface area contributed by atoms with Crippen LogP contribution in [0.2, 0.25) is 0 Å². The molecule has 3 heterocycles. The Hall–Kier alpha value is -8.28. The van der Waals surface area contributed by atoms with E-state index < -0.39 is 0 Å². The van der Waals surface area contributed by atoms with Gasteiger partial charge in [-0.25, -0.2) is 0 Å². The largest absolute Gasteiger partial charge is 0.456 e. The van der Waals surface area contributed by atoms with Gasteiger partial charge >= 0.3 is 0 Å². The molecule has 0 aliphatic rings. The van der Waals surface area contributed by atoms with E-state index in [0.717, 1.165) is 121 Å². The van der Waals surface area contributed by atoms with E-state index in [4.69, 9.17) is 13.3 Å². The molecule has 0 saturated carbocycles. The fraction of sp³-hybridized carbons (Fsp3) is 0. The molecule has 0 bridgehead atoms. The molecular formula is C56H34N2O3. The van der Waals surface area contributed by atoms with Crippen LogP contribution in [0.3, 0.4) is 0 Å². The predicted octanol–water partition coefficient (Wildman–Crippen LogP) is 16.6. The van der Waals surface area contributed by atoms with E-state index in [-0.39, 0.29) is 0 Å². The highest BCUT2D eigenvalue weighted by Gasteiger charge is 2.22. The first kappa shape index (κ1) is 33.7. The molecule has 13 rings (SSSR count). The molecule has 13 aromatic rings. The number of anilines is 6. The molecule has 0 N–H and O–H groups in total. The summed E-state index contributed by atoms with van der Waals surface area (Å²) in [7, 11) is 0. The summed E-state index contributed by atoms with van der Waals surface area (Å²) in [5, 5.41) is 11.0. The van der Waals surface area contributed by atoms with Crippen LogP contribution in [0.5, 0.6) is 0 Å². The van der Waals surface area contributed by atoms with Crippen LogP contribution < -0.4 is 9.80 Å². The van der Waals surface area contributed by atoms with Gasteiger partial charge in [-0.2, -0.15) is 0 Å². The van der Waals surface area contributed by atoms with Gasteiger partial charge in [0.15, 0.2) is 0 Å². The molecule has 0 atom stereocenters. The van der Waals surface area contributed by atoms with Gasteiger partial charge in [0.05, 0.1) is 22.1 Å². The second kappa shape index (κ2) is 13.1. The zero-order valence-corrected chi connectivity index (χ0v) is 32.7. The normalized spacial score (nSPS) is 11.9. The van der Waals surface area contributed by atoms with Crippen molar-refractivity contribution in [2.45, 2.75) is 0 Å². The third-order valence-electron chi connectivity index (χ3n) is 12.1. The standard InChI is InChI=1S/C56H34N2O3/c1-3-13-39(14-4-1)57(47-19-11-23-51-55(47)43-17-7-9-21-49(43)59-51)41-27-25-35-31-45-46-32-36-26-28-42(30-38(36)34-54(46)61-53(45)33-37(35)29-41)58(40-15-5-2-6-16-40)48-20-12-24-52-56(48)44-18-8-10-22-50(44)60-52/h1-34H. The Balaban J connectivity index is 0.950. The van der Waals surface area contributed by atoms with E-state index in [1.807, 2.05) is 36.4 Å². The zero-order valence-electron chi connectivity index (χ0n) is 32.7. The molecule has 286 valence electrons. The molecule has 0 amide bonds. The van der Waals surface area contributed by atoms with Gasteiger partial charge in [0.2, 0.25) is 0 Å². The Labute approximate surface area is 349 Å². The van der Waals surface area contributed by atoms with Crippen LogP contribution in [0.4, 0.5) is 34.1 Å². The summed E-state index contributed by atoms with van der Waals surface area (Å²) in [6.45, 7) is 0. The highest BCUT2D eigenvalue weighted by molar-refractivity contribution is 6.17. The van der Waals surface area contributed by atoms with Gasteiger partial charge in [-0.05, 0) is 131 Å². The quantitative estimate of drug-likeness (QED) is 0.168. The molecule has 0 spiro atoms. The third kappa shape index (κ3) is 5.27. The maximum atomic E-state index is 6.75. The third-order valence-corrected chi connectivity index (χ3v) is 12.1. The van der Waals surface area contributed by atoms with Crippen molar-refractivity contribution in [1.82, 2.24) is 0 Å².